The lowest BCUT2D eigenvalue weighted by atomic mass is 10.1. The van der Waals surface area contributed by atoms with E-state index in [0.717, 1.165) is 0 Å². The molecule has 0 rings (SSSR count). The van der Waals surface area contributed by atoms with Gasteiger partial charge in [0.15, 0.2) is 6.35 Å². The van der Waals surface area contributed by atoms with Gasteiger partial charge in [-0.2, -0.15) is 0 Å². The lowest BCUT2D eigenvalue weighted by molar-refractivity contribution is -0.142. The standard InChI is InChI=1S/C10H20N2O5/c1-10(2,3)12-9(17)11-6(8(15)16)4-5-7(13)14/h6,9,11-12,17H,4-5H2,1-3H3,(H,13,14)(H,15,16)/t6-,9?/m0/s1. The SMILES string of the molecule is CC(C)(C)NC(O)N[C@@H](CCC(=O)O)C(=O)O. The maximum atomic E-state index is 10.8. The van der Waals surface area contributed by atoms with Crippen molar-refractivity contribution < 1.29 is 24.9 Å². The van der Waals surface area contributed by atoms with Crippen molar-refractivity contribution in [2.24, 2.45) is 0 Å². The van der Waals surface area contributed by atoms with Crippen LogP contribution in [0.25, 0.3) is 0 Å². The molecule has 100 valence electrons. The van der Waals surface area contributed by atoms with Crippen LogP contribution in [0.1, 0.15) is 33.6 Å². The zero-order valence-corrected chi connectivity index (χ0v) is 10.2. The summed E-state index contributed by atoms with van der Waals surface area (Å²) in [6.45, 7) is 5.43. The maximum Gasteiger partial charge on any atom is 0.320 e. The third-order valence-electron chi connectivity index (χ3n) is 1.87. The molecule has 0 saturated heterocycles. The van der Waals surface area contributed by atoms with Gasteiger partial charge < -0.3 is 15.3 Å². The van der Waals surface area contributed by atoms with Crippen molar-refractivity contribution in [3.05, 3.63) is 0 Å². The molecule has 0 spiro atoms. The molecule has 0 aliphatic heterocycles. The van der Waals surface area contributed by atoms with Gasteiger partial charge in [-0.3, -0.25) is 20.2 Å². The molecule has 1 unspecified atom stereocenters. The fourth-order valence-electron chi connectivity index (χ4n) is 1.19. The minimum atomic E-state index is -1.20. The highest BCUT2D eigenvalue weighted by Gasteiger charge is 2.23. The molecule has 0 fully saturated rings. The van der Waals surface area contributed by atoms with Crippen LogP contribution in [0, 0.1) is 0 Å². The highest BCUT2D eigenvalue weighted by molar-refractivity contribution is 5.75. The lowest BCUT2D eigenvalue weighted by Crippen LogP contribution is -2.55. The summed E-state index contributed by atoms with van der Waals surface area (Å²) in [5.41, 5.74) is -0.387. The molecule has 0 aliphatic carbocycles. The Bertz CT molecular complexity index is 274. The number of hydrogen-bond donors (Lipinski definition) is 5. The van der Waals surface area contributed by atoms with Crippen molar-refractivity contribution in [2.45, 2.75) is 51.5 Å². The normalized spacial score (nSPS) is 15.3. The van der Waals surface area contributed by atoms with E-state index in [-0.39, 0.29) is 18.4 Å². The van der Waals surface area contributed by atoms with Gasteiger partial charge in [0, 0.05) is 12.0 Å². The second kappa shape index (κ2) is 6.53. The minimum absolute atomic E-state index is 0.0897. The van der Waals surface area contributed by atoms with Crippen LogP contribution in [-0.4, -0.2) is 45.2 Å². The second-order valence-corrected chi connectivity index (χ2v) is 4.79. The van der Waals surface area contributed by atoms with E-state index in [1.165, 1.54) is 0 Å². The minimum Gasteiger partial charge on any atom is -0.481 e. The Morgan fingerprint density at radius 3 is 2.12 bits per heavy atom. The van der Waals surface area contributed by atoms with Crippen LogP contribution in [0.15, 0.2) is 0 Å². The Hall–Kier alpha value is -1.18. The van der Waals surface area contributed by atoms with Gasteiger partial charge in [0.1, 0.15) is 6.04 Å². The van der Waals surface area contributed by atoms with Crippen LogP contribution < -0.4 is 10.6 Å². The summed E-state index contributed by atoms with van der Waals surface area (Å²) >= 11 is 0. The average Bonchev–Trinajstić information content (AvgIpc) is 2.08. The molecule has 0 bridgehead atoms. The molecular formula is C10H20N2O5. The average molecular weight is 248 g/mol. The van der Waals surface area contributed by atoms with E-state index >= 15 is 0 Å². The van der Waals surface area contributed by atoms with Crippen LogP contribution in [0.4, 0.5) is 0 Å². The van der Waals surface area contributed by atoms with Crippen LogP contribution in [-0.2, 0) is 9.59 Å². The second-order valence-electron chi connectivity index (χ2n) is 4.79. The number of aliphatic hydroxyl groups excluding tert-OH is 1. The van der Waals surface area contributed by atoms with Crippen molar-refractivity contribution in [1.29, 1.82) is 0 Å². The smallest absolute Gasteiger partial charge is 0.320 e. The van der Waals surface area contributed by atoms with E-state index in [4.69, 9.17) is 10.2 Å². The quantitative estimate of drug-likeness (QED) is 0.387. The Kier molecular flexibility index (Phi) is 6.08. The molecule has 0 aromatic heterocycles. The van der Waals surface area contributed by atoms with Gasteiger partial charge in [0.25, 0.3) is 0 Å². The Balaban J connectivity index is 4.25. The maximum absolute atomic E-state index is 10.8. The van der Waals surface area contributed by atoms with E-state index in [2.05, 4.69) is 10.6 Å². The summed E-state index contributed by atoms with van der Waals surface area (Å²) in [7, 11) is 0. The zero-order chi connectivity index (χ0) is 13.6. The first-order valence-corrected chi connectivity index (χ1v) is 5.28. The Morgan fingerprint density at radius 2 is 1.76 bits per heavy atom. The van der Waals surface area contributed by atoms with Gasteiger partial charge in [0.2, 0.25) is 0 Å². The fraction of sp³-hybridized carbons (Fsp3) is 0.800. The van der Waals surface area contributed by atoms with Crippen molar-refractivity contribution in [2.75, 3.05) is 0 Å². The van der Waals surface area contributed by atoms with E-state index in [0.29, 0.717) is 0 Å². The van der Waals surface area contributed by atoms with Gasteiger partial charge >= 0.3 is 11.9 Å². The number of carboxylic acids is 2. The number of nitrogens with one attached hydrogen (secondary N) is 2. The van der Waals surface area contributed by atoms with Crippen molar-refractivity contribution in [3.8, 4) is 0 Å². The van der Waals surface area contributed by atoms with Gasteiger partial charge in [0.05, 0.1) is 0 Å². The Morgan fingerprint density at radius 1 is 1.24 bits per heavy atom. The number of rotatable bonds is 7. The number of aliphatic carboxylic acids is 2. The highest BCUT2D eigenvalue weighted by Crippen LogP contribution is 2.02. The molecule has 5 N–H and O–H groups in total. The molecule has 17 heavy (non-hydrogen) atoms. The monoisotopic (exact) mass is 248 g/mol. The largest absolute Gasteiger partial charge is 0.481 e. The summed E-state index contributed by atoms with van der Waals surface area (Å²) in [4.78, 5) is 21.2. The van der Waals surface area contributed by atoms with Crippen LogP contribution in [0.5, 0.6) is 0 Å². The fourth-order valence-corrected chi connectivity index (χ4v) is 1.19. The number of hydrogen-bond acceptors (Lipinski definition) is 5. The summed E-state index contributed by atoms with van der Waals surface area (Å²) in [6.07, 6.45) is -1.57. The molecule has 0 aromatic carbocycles. The molecule has 0 heterocycles. The van der Waals surface area contributed by atoms with Crippen LogP contribution in [0.3, 0.4) is 0 Å². The van der Waals surface area contributed by atoms with Crippen molar-refractivity contribution in [1.82, 2.24) is 10.6 Å². The number of aliphatic hydroxyl groups is 1. The number of carbonyl (C=O) groups is 2. The summed E-state index contributed by atoms with van der Waals surface area (Å²) in [6, 6.07) is -1.10. The van der Waals surface area contributed by atoms with E-state index in [1.54, 1.807) is 0 Å². The molecule has 0 saturated carbocycles. The number of carboxylic acid groups (broad SMARTS) is 2. The molecule has 7 nitrogen and oxygen atoms in total. The molecule has 0 radical (unpaired) electrons. The summed E-state index contributed by atoms with van der Waals surface area (Å²) < 4.78 is 0. The first kappa shape index (κ1) is 15.8. The van der Waals surface area contributed by atoms with Gasteiger partial charge in [-0.25, -0.2) is 0 Å². The third-order valence-corrected chi connectivity index (χ3v) is 1.87. The first-order chi connectivity index (χ1) is 7.61. The molecule has 0 aromatic rings. The van der Waals surface area contributed by atoms with Gasteiger partial charge in [-0.05, 0) is 27.2 Å². The molecule has 7 heteroatoms. The van der Waals surface area contributed by atoms with Crippen LogP contribution in [0.2, 0.25) is 0 Å². The summed E-state index contributed by atoms with van der Waals surface area (Å²) in [5.74, 6) is -2.27. The topological polar surface area (TPSA) is 119 Å². The van der Waals surface area contributed by atoms with Gasteiger partial charge in [-0.15, -0.1) is 0 Å². The lowest BCUT2D eigenvalue weighted by Gasteiger charge is -2.27. The van der Waals surface area contributed by atoms with Crippen molar-refractivity contribution >= 4 is 11.9 Å². The zero-order valence-electron chi connectivity index (χ0n) is 10.2. The van der Waals surface area contributed by atoms with E-state index < -0.39 is 24.3 Å². The summed E-state index contributed by atoms with van der Waals surface area (Å²) in [5, 5.41) is 32.0. The van der Waals surface area contributed by atoms with E-state index in [1.807, 2.05) is 20.8 Å². The molecular weight excluding hydrogens is 228 g/mol. The molecule has 0 aliphatic rings. The third kappa shape index (κ3) is 8.61. The van der Waals surface area contributed by atoms with Crippen LogP contribution >= 0.6 is 0 Å². The van der Waals surface area contributed by atoms with Crippen molar-refractivity contribution in [3.63, 3.8) is 0 Å². The first-order valence-electron chi connectivity index (χ1n) is 5.28. The molecule has 0 amide bonds. The Labute approximate surface area is 99.8 Å². The van der Waals surface area contributed by atoms with Gasteiger partial charge in [-0.1, -0.05) is 0 Å². The van der Waals surface area contributed by atoms with E-state index in [9.17, 15) is 14.7 Å². The predicted octanol–water partition coefficient (Wildman–Crippen LogP) is -0.442. The predicted molar refractivity (Wildman–Crippen MR) is 60.3 cm³/mol. The highest BCUT2D eigenvalue weighted by atomic mass is 16.4. The molecule has 2 atom stereocenters.